The number of amides is 1. The predicted octanol–water partition coefficient (Wildman–Crippen LogP) is 6.37. The Morgan fingerprint density at radius 1 is 1.09 bits per heavy atom. The number of non-ortho nitro benzene ring substituents is 1. The average Bonchev–Trinajstić information content (AvgIpc) is 3.22. The van der Waals surface area contributed by atoms with Crippen LogP contribution < -0.4 is 0 Å². The van der Waals surface area contributed by atoms with Crippen molar-refractivity contribution in [3.05, 3.63) is 86.6 Å². The fourth-order valence-corrected chi connectivity index (χ4v) is 5.87. The Morgan fingerprint density at radius 2 is 1.70 bits per heavy atom. The molecule has 0 unspecified atom stereocenters. The number of thioether (sulfide) groups is 1. The quantitative estimate of drug-likeness (QED) is 0.171. The second kappa shape index (κ2) is 9.54. The molecule has 0 aliphatic carbocycles. The smallest absolute Gasteiger partial charge is 0.269 e. The third-order valence-electron chi connectivity index (χ3n) is 5.32. The molecule has 2 heterocycles. The predicted molar refractivity (Wildman–Crippen MR) is 138 cm³/mol. The number of nitro groups is 1. The third kappa shape index (κ3) is 4.75. The first-order valence-electron chi connectivity index (χ1n) is 10.3. The van der Waals surface area contributed by atoms with Gasteiger partial charge in [0, 0.05) is 45.5 Å². The van der Waals surface area contributed by atoms with Crippen LogP contribution in [0.4, 0.5) is 5.69 Å². The highest BCUT2D eigenvalue weighted by Crippen LogP contribution is 2.34. The van der Waals surface area contributed by atoms with Crippen molar-refractivity contribution in [1.29, 1.82) is 0 Å². The highest BCUT2D eigenvalue weighted by Gasteiger charge is 2.30. The minimum atomic E-state index is -0.398. The minimum absolute atomic E-state index is 0.0371. The lowest BCUT2D eigenvalue weighted by Crippen LogP contribution is -2.27. The first kappa shape index (κ1) is 23.3. The maximum absolute atomic E-state index is 12.6. The van der Waals surface area contributed by atoms with Gasteiger partial charge in [0.15, 0.2) is 0 Å². The number of nitrogens with zero attached hydrogens (tertiary/aromatic N) is 3. The van der Waals surface area contributed by atoms with Gasteiger partial charge in [0.25, 0.3) is 11.6 Å². The summed E-state index contributed by atoms with van der Waals surface area (Å²) in [5, 5.41) is 10.8. The fourth-order valence-electron chi connectivity index (χ4n) is 3.68. The molecule has 9 heteroatoms. The van der Waals surface area contributed by atoms with E-state index in [1.54, 1.807) is 28.8 Å². The highest BCUT2D eigenvalue weighted by atomic mass is 32.2. The zero-order chi connectivity index (χ0) is 23.7. The number of aryl methyl sites for hydroxylation is 1. The lowest BCUT2D eigenvalue weighted by atomic mass is 10.2. The van der Waals surface area contributed by atoms with Crippen LogP contribution in [-0.2, 0) is 4.79 Å². The molecule has 0 bridgehead atoms. The second-order valence-electron chi connectivity index (χ2n) is 7.43. The minimum Gasteiger partial charge on any atom is -0.318 e. The summed E-state index contributed by atoms with van der Waals surface area (Å²) >= 11 is 8.21. The van der Waals surface area contributed by atoms with E-state index in [4.69, 9.17) is 12.2 Å². The normalized spacial score (nSPS) is 15.0. The van der Waals surface area contributed by atoms with Crippen LogP contribution in [0.25, 0.3) is 11.8 Å². The molecule has 1 amide bonds. The summed E-state index contributed by atoms with van der Waals surface area (Å²) < 4.78 is 2.76. The molecule has 1 aromatic heterocycles. The van der Waals surface area contributed by atoms with Crippen molar-refractivity contribution < 1.29 is 9.72 Å². The van der Waals surface area contributed by atoms with Crippen LogP contribution in [0.1, 0.15) is 23.9 Å². The van der Waals surface area contributed by atoms with Gasteiger partial charge in [-0.1, -0.05) is 35.7 Å². The van der Waals surface area contributed by atoms with Crippen LogP contribution in [0.2, 0.25) is 0 Å². The molecular formula is C24H21N3O3S3. The van der Waals surface area contributed by atoms with E-state index in [2.05, 4.69) is 10.6 Å². The zero-order valence-corrected chi connectivity index (χ0v) is 20.7. The molecule has 1 aliphatic heterocycles. The van der Waals surface area contributed by atoms with Gasteiger partial charge in [-0.2, -0.15) is 0 Å². The van der Waals surface area contributed by atoms with E-state index in [0.717, 1.165) is 32.4 Å². The molecule has 6 nitrogen and oxygen atoms in total. The van der Waals surface area contributed by atoms with Gasteiger partial charge in [0.05, 0.1) is 9.83 Å². The number of thiocarbonyl (C=S) groups is 1. The molecule has 4 rings (SSSR count). The summed E-state index contributed by atoms with van der Waals surface area (Å²) in [6.07, 6.45) is 1.92. The van der Waals surface area contributed by atoms with Gasteiger partial charge in [-0.15, -0.1) is 0 Å². The first-order valence-corrected chi connectivity index (χ1v) is 12.3. The van der Waals surface area contributed by atoms with E-state index in [1.165, 1.54) is 23.9 Å². The summed E-state index contributed by atoms with van der Waals surface area (Å²) in [6, 6.07) is 16.8. The highest BCUT2D eigenvalue weighted by molar-refractivity contribution is 8.26. The third-order valence-corrected chi connectivity index (χ3v) is 7.72. The number of nitro benzene ring substituents is 1. The second-order valence-corrected chi connectivity index (χ2v) is 10.3. The molecule has 0 radical (unpaired) electrons. The molecule has 1 saturated heterocycles. The number of hydrogen-bond donors (Lipinski definition) is 0. The van der Waals surface area contributed by atoms with Gasteiger partial charge in [0.2, 0.25) is 0 Å². The van der Waals surface area contributed by atoms with Gasteiger partial charge >= 0.3 is 0 Å². The largest absolute Gasteiger partial charge is 0.318 e. The Hall–Kier alpha value is -2.88. The van der Waals surface area contributed by atoms with Crippen molar-refractivity contribution in [3.63, 3.8) is 0 Å². The Morgan fingerprint density at radius 3 is 2.24 bits per heavy atom. The summed E-state index contributed by atoms with van der Waals surface area (Å²) in [5.41, 5.74) is 4.22. The van der Waals surface area contributed by atoms with E-state index in [1.807, 2.05) is 51.1 Å². The van der Waals surface area contributed by atoms with Crippen LogP contribution in [0.5, 0.6) is 0 Å². The van der Waals surface area contributed by atoms with Crippen molar-refractivity contribution in [3.8, 4) is 5.69 Å². The van der Waals surface area contributed by atoms with Gasteiger partial charge in [0.1, 0.15) is 4.32 Å². The monoisotopic (exact) mass is 495 g/mol. The molecule has 33 heavy (non-hydrogen) atoms. The lowest BCUT2D eigenvalue weighted by Gasteiger charge is -2.11. The Labute approximate surface area is 205 Å². The molecule has 0 saturated carbocycles. The Bertz CT molecular complexity index is 1280. The molecule has 168 valence electrons. The van der Waals surface area contributed by atoms with E-state index < -0.39 is 4.92 Å². The number of likely N-dealkylation sites (N-methyl/N-ethyl adjacent to an activating group) is 1. The summed E-state index contributed by atoms with van der Waals surface area (Å²) in [5.74, 6) is -0.0371. The average molecular weight is 496 g/mol. The number of aromatic nitrogens is 1. The number of hydrogen-bond acceptors (Lipinski definition) is 6. The van der Waals surface area contributed by atoms with Crippen molar-refractivity contribution in [1.82, 2.24) is 9.47 Å². The van der Waals surface area contributed by atoms with Crippen molar-refractivity contribution >= 4 is 57.7 Å². The maximum Gasteiger partial charge on any atom is 0.269 e. The van der Waals surface area contributed by atoms with Crippen LogP contribution in [0.15, 0.2) is 69.3 Å². The van der Waals surface area contributed by atoms with Gasteiger partial charge in [-0.3, -0.25) is 19.8 Å². The van der Waals surface area contributed by atoms with Crippen LogP contribution in [-0.4, -0.2) is 31.2 Å². The number of carbonyl (C=O) groups excluding carboxylic acids is 1. The molecule has 2 aromatic carbocycles. The van der Waals surface area contributed by atoms with Crippen molar-refractivity contribution in [2.24, 2.45) is 0 Å². The molecule has 3 aromatic rings. The Balaban J connectivity index is 1.56. The van der Waals surface area contributed by atoms with Crippen LogP contribution >= 0.6 is 35.7 Å². The van der Waals surface area contributed by atoms with Crippen LogP contribution in [0.3, 0.4) is 0 Å². The summed E-state index contributed by atoms with van der Waals surface area (Å²) in [6.45, 7) is 6.58. The van der Waals surface area contributed by atoms with E-state index in [-0.39, 0.29) is 11.6 Å². The topological polar surface area (TPSA) is 68.4 Å². The SMILES string of the molecule is CCN1C(=O)/C(=C/c2cc(C)n(-c3ccc(Sc4ccc([N+](=O)[O-])cc4)cc3)c2C)SC1=S. The number of carbonyl (C=O) groups is 1. The van der Waals surface area contributed by atoms with E-state index in [9.17, 15) is 14.9 Å². The Kier molecular flexibility index (Phi) is 6.73. The molecule has 0 N–H and O–H groups in total. The fraction of sp³-hybridized carbons (Fsp3) is 0.167. The van der Waals surface area contributed by atoms with Gasteiger partial charge in [-0.05, 0) is 74.9 Å². The van der Waals surface area contributed by atoms with Gasteiger partial charge < -0.3 is 4.57 Å². The zero-order valence-electron chi connectivity index (χ0n) is 18.3. The van der Waals surface area contributed by atoms with Gasteiger partial charge in [-0.25, -0.2) is 0 Å². The first-order chi connectivity index (χ1) is 15.8. The molecule has 0 spiro atoms. The summed E-state index contributed by atoms with van der Waals surface area (Å²) in [7, 11) is 0. The maximum atomic E-state index is 12.6. The van der Waals surface area contributed by atoms with E-state index >= 15 is 0 Å². The van der Waals surface area contributed by atoms with Crippen molar-refractivity contribution in [2.75, 3.05) is 6.54 Å². The number of benzene rings is 2. The van der Waals surface area contributed by atoms with E-state index in [0.29, 0.717) is 15.8 Å². The van der Waals surface area contributed by atoms with Crippen LogP contribution in [0, 0.1) is 24.0 Å². The lowest BCUT2D eigenvalue weighted by molar-refractivity contribution is -0.384. The molecule has 1 aliphatic rings. The molecule has 1 fully saturated rings. The van der Waals surface area contributed by atoms with Crippen molar-refractivity contribution in [2.45, 2.75) is 30.6 Å². The number of rotatable bonds is 6. The molecule has 0 atom stereocenters. The molecular weight excluding hydrogens is 474 g/mol. The standard InChI is InChI=1S/C24H21N3O3S3/c1-4-25-23(28)22(33-24(25)31)14-17-13-15(2)26(16(17)3)18-5-9-20(10-6-18)32-21-11-7-19(8-12-21)27(29)30/h5-14H,4H2,1-3H3/b22-14-. The summed E-state index contributed by atoms with van der Waals surface area (Å²) in [4.78, 5) is 27.2.